The summed E-state index contributed by atoms with van der Waals surface area (Å²) in [5, 5.41) is 8.43. The van der Waals surface area contributed by atoms with Gasteiger partial charge in [0.25, 0.3) is 5.91 Å². The van der Waals surface area contributed by atoms with Crippen molar-refractivity contribution < 1.29 is 9.32 Å². The Hall–Kier alpha value is -2.96. The second kappa shape index (κ2) is 6.51. The van der Waals surface area contributed by atoms with Gasteiger partial charge >= 0.3 is 0 Å². The molecular weight excluding hydrogens is 318 g/mol. The molecule has 0 radical (unpaired) electrons. The van der Waals surface area contributed by atoms with Crippen LogP contribution in [0, 0.1) is 6.92 Å². The number of hydrogen-bond acceptors (Lipinski definition) is 5. The molecule has 25 heavy (non-hydrogen) atoms. The van der Waals surface area contributed by atoms with Crippen LogP contribution in [0.5, 0.6) is 0 Å². The summed E-state index contributed by atoms with van der Waals surface area (Å²) in [4.78, 5) is 18.9. The number of carbonyl (C=O) groups excluding carboxylic acids is 1. The molecule has 1 aliphatic heterocycles. The fourth-order valence-electron chi connectivity index (χ4n) is 3.04. The van der Waals surface area contributed by atoms with E-state index in [1.165, 1.54) is 5.56 Å². The maximum atomic E-state index is 12.5. The van der Waals surface area contributed by atoms with E-state index in [0.29, 0.717) is 37.5 Å². The van der Waals surface area contributed by atoms with E-state index in [4.69, 9.17) is 4.52 Å². The zero-order valence-corrected chi connectivity index (χ0v) is 14.1. The second-order valence-corrected chi connectivity index (χ2v) is 6.19. The average molecular weight is 337 g/mol. The van der Waals surface area contributed by atoms with Crippen LogP contribution in [0.2, 0.25) is 0 Å². The highest BCUT2D eigenvalue weighted by Crippen LogP contribution is 2.13. The average Bonchev–Trinajstić information content (AvgIpc) is 3.16. The third-order valence-corrected chi connectivity index (χ3v) is 4.32. The van der Waals surface area contributed by atoms with Crippen molar-refractivity contribution in [2.75, 3.05) is 13.1 Å². The van der Waals surface area contributed by atoms with Gasteiger partial charge in [-0.25, -0.2) is 9.67 Å². The van der Waals surface area contributed by atoms with E-state index < -0.39 is 0 Å². The molecule has 1 aliphatic rings. The van der Waals surface area contributed by atoms with Crippen LogP contribution in [-0.2, 0) is 19.4 Å². The Balaban J connectivity index is 1.45. The fraction of sp³-hybridized carbons (Fsp3) is 0.333. The molecule has 7 nitrogen and oxygen atoms in total. The predicted molar refractivity (Wildman–Crippen MR) is 90.1 cm³/mol. The molecular formula is C18H19N5O2. The quantitative estimate of drug-likeness (QED) is 0.729. The molecule has 1 amide bonds. The van der Waals surface area contributed by atoms with Crippen molar-refractivity contribution >= 4 is 5.91 Å². The number of amides is 1. The lowest BCUT2D eigenvalue weighted by molar-refractivity contribution is 0.0747. The van der Waals surface area contributed by atoms with Crippen molar-refractivity contribution in [3.05, 3.63) is 65.1 Å². The SMILES string of the molecule is Cc1cc(C(=O)N2CCc3nc(Cc4ccccc4)nn3CC2)no1. The molecule has 0 aliphatic carbocycles. The molecule has 0 fully saturated rings. The first-order chi connectivity index (χ1) is 12.2. The Bertz CT molecular complexity index is 859. The van der Waals surface area contributed by atoms with Gasteiger partial charge in [-0.05, 0) is 12.5 Å². The van der Waals surface area contributed by atoms with E-state index in [1.807, 2.05) is 22.9 Å². The summed E-state index contributed by atoms with van der Waals surface area (Å²) in [5.74, 6) is 2.29. The van der Waals surface area contributed by atoms with Crippen LogP contribution in [0.1, 0.15) is 33.5 Å². The van der Waals surface area contributed by atoms with Crippen LogP contribution in [0.3, 0.4) is 0 Å². The van der Waals surface area contributed by atoms with Crippen molar-refractivity contribution in [1.29, 1.82) is 0 Å². The van der Waals surface area contributed by atoms with Gasteiger partial charge in [0, 0.05) is 32.0 Å². The Kier molecular flexibility index (Phi) is 4.05. The minimum Gasteiger partial charge on any atom is -0.361 e. The van der Waals surface area contributed by atoms with Gasteiger partial charge in [-0.2, -0.15) is 5.10 Å². The van der Waals surface area contributed by atoms with E-state index >= 15 is 0 Å². The maximum absolute atomic E-state index is 12.5. The number of hydrogen-bond donors (Lipinski definition) is 0. The first-order valence-electron chi connectivity index (χ1n) is 8.38. The van der Waals surface area contributed by atoms with Crippen molar-refractivity contribution in [3.8, 4) is 0 Å². The lowest BCUT2D eigenvalue weighted by Gasteiger charge is -2.18. The minimum absolute atomic E-state index is 0.105. The highest BCUT2D eigenvalue weighted by molar-refractivity contribution is 5.92. The number of fused-ring (bicyclic) bond motifs is 1. The molecule has 0 bridgehead atoms. The molecule has 3 aromatic rings. The van der Waals surface area contributed by atoms with Gasteiger partial charge in [0.05, 0.1) is 6.54 Å². The van der Waals surface area contributed by atoms with E-state index in [1.54, 1.807) is 17.9 Å². The smallest absolute Gasteiger partial charge is 0.276 e. The lowest BCUT2D eigenvalue weighted by atomic mass is 10.1. The summed E-state index contributed by atoms with van der Waals surface area (Å²) in [6.07, 6.45) is 1.41. The van der Waals surface area contributed by atoms with E-state index in [0.717, 1.165) is 18.1 Å². The van der Waals surface area contributed by atoms with E-state index in [9.17, 15) is 4.79 Å². The first-order valence-corrected chi connectivity index (χ1v) is 8.38. The van der Waals surface area contributed by atoms with Gasteiger partial charge in [-0.3, -0.25) is 4.79 Å². The molecule has 4 rings (SSSR count). The molecule has 0 atom stereocenters. The van der Waals surface area contributed by atoms with Crippen molar-refractivity contribution in [2.24, 2.45) is 0 Å². The molecule has 2 aromatic heterocycles. The molecule has 128 valence electrons. The van der Waals surface area contributed by atoms with Crippen LogP contribution in [-0.4, -0.2) is 43.8 Å². The van der Waals surface area contributed by atoms with Crippen LogP contribution >= 0.6 is 0 Å². The van der Waals surface area contributed by atoms with Gasteiger partial charge in [0.15, 0.2) is 11.5 Å². The molecule has 0 unspecified atom stereocenters. The standard InChI is InChI=1S/C18H19N5O2/c1-13-11-15(21-25-13)18(24)22-8-7-17-19-16(20-23(17)10-9-22)12-14-5-3-2-4-6-14/h2-6,11H,7-10,12H2,1H3. The van der Waals surface area contributed by atoms with Crippen LogP contribution in [0.4, 0.5) is 0 Å². The first kappa shape index (κ1) is 15.6. The Morgan fingerprint density at radius 3 is 2.80 bits per heavy atom. The Labute approximate surface area is 145 Å². The maximum Gasteiger partial charge on any atom is 0.276 e. The molecule has 0 spiro atoms. The number of nitrogens with zero attached hydrogens (tertiary/aromatic N) is 5. The van der Waals surface area contributed by atoms with Gasteiger partial charge in [-0.15, -0.1) is 0 Å². The zero-order valence-electron chi connectivity index (χ0n) is 14.1. The predicted octanol–water partition coefficient (Wildman–Crippen LogP) is 1.86. The molecule has 3 heterocycles. The van der Waals surface area contributed by atoms with Crippen molar-refractivity contribution in [3.63, 3.8) is 0 Å². The highest BCUT2D eigenvalue weighted by Gasteiger charge is 2.23. The summed E-state index contributed by atoms with van der Waals surface area (Å²) in [6.45, 7) is 3.61. The van der Waals surface area contributed by atoms with Gasteiger partial charge < -0.3 is 9.42 Å². The molecule has 0 saturated heterocycles. The highest BCUT2D eigenvalue weighted by atomic mass is 16.5. The van der Waals surface area contributed by atoms with Gasteiger partial charge in [0.1, 0.15) is 11.6 Å². The Morgan fingerprint density at radius 2 is 2.04 bits per heavy atom. The monoisotopic (exact) mass is 337 g/mol. The number of carbonyl (C=O) groups is 1. The summed E-state index contributed by atoms with van der Waals surface area (Å²) in [7, 11) is 0. The Morgan fingerprint density at radius 1 is 1.20 bits per heavy atom. The minimum atomic E-state index is -0.105. The third-order valence-electron chi connectivity index (χ3n) is 4.32. The largest absolute Gasteiger partial charge is 0.361 e. The van der Waals surface area contributed by atoms with E-state index in [-0.39, 0.29) is 5.91 Å². The number of aromatic nitrogens is 4. The van der Waals surface area contributed by atoms with Crippen LogP contribution < -0.4 is 0 Å². The molecule has 0 N–H and O–H groups in total. The summed E-state index contributed by atoms with van der Waals surface area (Å²) >= 11 is 0. The van der Waals surface area contributed by atoms with E-state index in [2.05, 4.69) is 27.4 Å². The normalized spacial score (nSPS) is 14.2. The number of aryl methyl sites for hydroxylation is 1. The van der Waals surface area contributed by atoms with Crippen molar-refractivity contribution in [1.82, 2.24) is 24.8 Å². The third kappa shape index (κ3) is 3.31. The number of benzene rings is 1. The molecule has 7 heteroatoms. The van der Waals surface area contributed by atoms with Gasteiger partial charge in [0.2, 0.25) is 0 Å². The summed E-state index contributed by atoms with van der Waals surface area (Å²) in [6, 6.07) is 11.9. The summed E-state index contributed by atoms with van der Waals surface area (Å²) < 4.78 is 6.92. The number of rotatable bonds is 3. The topological polar surface area (TPSA) is 77.1 Å². The fourth-order valence-corrected chi connectivity index (χ4v) is 3.04. The van der Waals surface area contributed by atoms with Crippen LogP contribution in [0.15, 0.2) is 40.9 Å². The zero-order chi connectivity index (χ0) is 17.2. The molecule has 0 saturated carbocycles. The second-order valence-electron chi connectivity index (χ2n) is 6.19. The van der Waals surface area contributed by atoms with Crippen molar-refractivity contribution in [2.45, 2.75) is 26.3 Å². The summed E-state index contributed by atoms with van der Waals surface area (Å²) in [5.41, 5.74) is 1.55. The lowest BCUT2D eigenvalue weighted by Crippen LogP contribution is -2.34. The van der Waals surface area contributed by atoms with Crippen LogP contribution in [0.25, 0.3) is 0 Å². The molecule has 1 aromatic carbocycles. The van der Waals surface area contributed by atoms with Gasteiger partial charge in [-0.1, -0.05) is 35.5 Å².